The number of amides is 1. The molecule has 3 rings (SSSR count). The SMILES string of the molecule is CCc1nnc(C[C@@H]2CC[C@H](NC(=O)c3cnccc3C)C2)o1. The average Bonchev–Trinajstić information content (AvgIpc) is 3.17. The van der Waals surface area contributed by atoms with Gasteiger partial charge in [-0.25, -0.2) is 0 Å². The number of carbonyl (C=O) groups is 1. The zero-order valence-electron chi connectivity index (χ0n) is 13.6. The number of rotatable bonds is 5. The van der Waals surface area contributed by atoms with Crippen molar-refractivity contribution in [2.75, 3.05) is 0 Å². The van der Waals surface area contributed by atoms with Crippen LogP contribution in [0.15, 0.2) is 22.9 Å². The smallest absolute Gasteiger partial charge is 0.253 e. The number of hydrogen-bond donors (Lipinski definition) is 1. The van der Waals surface area contributed by atoms with Gasteiger partial charge >= 0.3 is 0 Å². The predicted molar refractivity (Wildman–Crippen MR) is 84.9 cm³/mol. The van der Waals surface area contributed by atoms with Crippen LogP contribution in [0.2, 0.25) is 0 Å². The first-order valence-electron chi connectivity index (χ1n) is 8.18. The monoisotopic (exact) mass is 314 g/mol. The van der Waals surface area contributed by atoms with Gasteiger partial charge < -0.3 is 9.73 Å². The lowest BCUT2D eigenvalue weighted by molar-refractivity contribution is 0.0936. The van der Waals surface area contributed by atoms with Gasteiger partial charge in [0.2, 0.25) is 11.8 Å². The fourth-order valence-electron chi connectivity index (χ4n) is 3.12. The third-order valence-electron chi connectivity index (χ3n) is 4.43. The van der Waals surface area contributed by atoms with Crippen molar-refractivity contribution in [3.63, 3.8) is 0 Å². The molecule has 6 nitrogen and oxygen atoms in total. The standard InChI is InChI=1S/C17H22N4O2/c1-3-15-20-21-16(23-15)9-12-4-5-13(8-12)19-17(22)14-10-18-7-6-11(14)2/h6-7,10,12-13H,3-5,8-9H2,1-2H3,(H,19,22)/t12-,13+/m1/s1. The van der Waals surface area contributed by atoms with Crippen LogP contribution in [0, 0.1) is 12.8 Å². The molecule has 1 amide bonds. The molecule has 2 aromatic heterocycles. The summed E-state index contributed by atoms with van der Waals surface area (Å²) in [7, 11) is 0. The maximum atomic E-state index is 12.3. The van der Waals surface area contributed by atoms with E-state index in [0.29, 0.717) is 23.3 Å². The first kappa shape index (κ1) is 15.6. The summed E-state index contributed by atoms with van der Waals surface area (Å²) >= 11 is 0. The lowest BCUT2D eigenvalue weighted by Crippen LogP contribution is -2.33. The molecule has 0 aromatic carbocycles. The fraction of sp³-hybridized carbons (Fsp3) is 0.529. The Hall–Kier alpha value is -2.24. The van der Waals surface area contributed by atoms with Crippen LogP contribution < -0.4 is 5.32 Å². The van der Waals surface area contributed by atoms with Gasteiger partial charge in [-0.1, -0.05) is 6.92 Å². The van der Waals surface area contributed by atoms with E-state index in [1.807, 2.05) is 19.9 Å². The molecule has 6 heteroatoms. The van der Waals surface area contributed by atoms with E-state index >= 15 is 0 Å². The Kier molecular flexibility index (Phi) is 4.69. The summed E-state index contributed by atoms with van der Waals surface area (Å²) in [5.41, 5.74) is 1.60. The topological polar surface area (TPSA) is 80.9 Å². The van der Waals surface area contributed by atoms with Crippen LogP contribution in [0.5, 0.6) is 0 Å². The maximum absolute atomic E-state index is 12.3. The third-order valence-corrected chi connectivity index (χ3v) is 4.43. The average molecular weight is 314 g/mol. The lowest BCUT2D eigenvalue weighted by atomic mass is 10.0. The van der Waals surface area contributed by atoms with Crippen LogP contribution in [0.1, 0.15) is 53.9 Å². The second-order valence-corrected chi connectivity index (χ2v) is 6.19. The van der Waals surface area contributed by atoms with E-state index in [2.05, 4.69) is 20.5 Å². The normalized spacial score (nSPS) is 20.6. The Morgan fingerprint density at radius 3 is 2.91 bits per heavy atom. The summed E-state index contributed by atoms with van der Waals surface area (Å²) in [4.78, 5) is 16.4. The van der Waals surface area contributed by atoms with Crippen molar-refractivity contribution in [3.8, 4) is 0 Å². The quantitative estimate of drug-likeness (QED) is 0.917. The first-order chi connectivity index (χ1) is 11.2. The van der Waals surface area contributed by atoms with Gasteiger partial charge in [0.05, 0.1) is 5.56 Å². The molecule has 0 radical (unpaired) electrons. The van der Waals surface area contributed by atoms with Crippen molar-refractivity contribution < 1.29 is 9.21 Å². The highest BCUT2D eigenvalue weighted by molar-refractivity contribution is 5.95. The molecule has 2 aromatic rings. The van der Waals surface area contributed by atoms with Gasteiger partial charge in [-0.15, -0.1) is 10.2 Å². The summed E-state index contributed by atoms with van der Waals surface area (Å²) in [6.07, 6.45) is 7.90. The van der Waals surface area contributed by atoms with Crippen molar-refractivity contribution in [3.05, 3.63) is 41.4 Å². The van der Waals surface area contributed by atoms with Gasteiger partial charge in [0.1, 0.15) is 0 Å². The highest BCUT2D eigenvalue weighted by atomic mass is 16.4. The third kappa shape index (κ3) is 3.75. The zero-order valence-corrected chi connectivity index (χ0v) is 13.6. The molecule has 0 unspecified atom stereocenters. The van der Waals surface area contributed by atoms with Gasteiger partial charge in [0.25, 0.3) is 5.91 Å². The van der Waals surface area contributed by atoms with Crippen LogP contribution in [0.4, 0.5) is 0 Å². The van der Waals surface area contributed by atoms with Crippen LogP contribution in [-0.4, -0.2) is 27.1 Å². The van der Waals surface area contributed by atoms with E-state index in [-0.39, 0.29) is 11.9 Å². The largest absolute Gasteiger partial charge is 0.425 e. The molecule has 0 spiro atoms. The summed E-state index contributed by atoms with van der Waals surface area (Å²) in [6, 6.07) is 2.06. The maximum Gasteiger partial charge on any atom is 0.253 e. The summed E-state index contributed by atoms with van der Waals surface area (Å²) in [6.45, 7) is 3.92. The Labute approximate surface area is 135 Å². The Bertz CT molecular complexity index is 683. The van der Waals surface area contributed by atoms with Crippen LogP contribution >= 0.6 is 0 Å². The van der Waals surface area contributed by atoms with E-state index in [4.69, 9.17) is 4.42 Å². The highest BCUT2D eigenvalue weighted by Gasteiger charge is 2.28. The summed E-state index contributed by atoms with van der Waals surface area (Å²) in [5.74, 6) is 1.85. The molecule has 2 atom stereocenters. The van der Waals surface area contributed by atoms with Crippen LogP contribution in [0.3, 0.4) is 0 Å². The highest BCUT2D eigenvalue weighted by Crippen LogP contribution is 2.28. The van der Waals surface area contributed by atoms with Gasteiger partial charge in [-0.2, -0.15) is 0 Å². The van der Waals surface area contributed by atoms with Crippen LogP contribution in [0.25, 0.3) is 0 Å². The second kappa shape index (κ2) is 6.89. The molecule has 1 fully saturated rings. The Morgan fingerprint density at radius 2 is 2.17 bits per heavy atom. The second-order valence-electron chi connectivity index (χ2n) is 6.19. The van der Waals surface area contributed by atoms with E-state index in [1.165, 1.54) is 0 Å². The van der Waals surface area contributed by atoms with E-state index in [9.17, 15) is 4.79 Å². The minimum atomic E-state index is -0.0349. The molecule has 1 N–H and O–H groups in total. The first-order valence-corrected chi connectivity index (χ1v) is 8.18. The van der Waals surface area contributed by atoms with Crippen molar-refractivity contribution in [2.45, 2.75) is 52.0 Å². The van der Waals surface area contributed by atoms with Gasteiger partial charge in [0, 0.05) is 31.3 Å². The Balaban J connectivity index is 1.53. The number of hydrogen-bond acceptors (Lipinski definition) is 5. The molecule has 122 valence electrons. The molecule has 2 heterocycles. The molecule has 0 bridgehead atoms. The van der Waals surface area contributed by atoms with Crippen molar-refractivity contribution in [1.29, 1.82) is 0 Å². The number of pyridine rings is 1. The number of aromatic nitrogens is 3. The van der Waals surface area contributed by atoms with Gasteiger partial charge in [0.15, 0.2) is 0 Å². The minimum absolute atomic E-state index is 0.0349. The lowest BCUT2D eigenvalue weighted by Gasteiger charge is -2.13. The molecular formula is C17H22N4O2. The number of nitrogens with one attached hydrogen (secondary N) is 1. The summed E-state index contributed by atoms with van der Waals surface area (Å²) in [5, 5.41) is 11.2. The number of carbonyl (C=O) groups excluding carboxylic acids is 1. The summed E-state index contributed by atoms with van der Waals surface area (Å²) < 4.78 is 5.58. The number of nitrogens with zero attached hydrogens (tertiary/aromatic N) is 3. The predicted octanol–water partition coefficient (Wildman–Crippen LogP) is 2.48. The molecule has 0 saturated heterocycles. The van der Waals surface area contributed by atoms with Crippen LogP contribution in [-0.2, 0) is 12.8 Å². The molecule has 1 saturated carbocycles. The molecule has 0 aliphatic heterocycles. The minimum Gasteiger partial charge on any atom is -0.425 e. The molecular weight excluding hydrogens is 292 g/mol. The zero-order chi connectivity index (χ0) is 16.2. The van der Waals surface area contributed by atoms with Gasteiger partial charge in [-0.05, 0) is 43.7 Å². The van der Waals surface area contributed by atoms with E-state index in [0.717, 1.165) is 37.7 Å². The molecule has 23 heavy (non-hydrogen) atoms. The number of aryl methyl sites for hydroxylation is 2. The van der Waals surface area contributed by atoms with Gasteiger partial charge in [-0.3, -0.25) is 9.78 Å². The van der Waals surface area contributed by atoms with Crippen molar-refractivity contribution >= 4 is 5.91 Å². The fourth-order valence-corrected chi connectivity index (χ4v) is 3.12. The van der Waals surface area contributed by atoms with Crippen molar-refractivity contribution in [2.24, 2.45) is 5.92 Å². The van der Waals surface area contributed by atoms with E-state index in [1.54, 1.807) is 12.4 Å². The van der Waals surface area contributed by atoms with Crippen molar-refractivity contribution in [1.82, 2.24) is 20.5 Å². The van der Waals surface area contributed by atoms with E-state index < -0.39 is 0 Å². The Morgan fingerprint density at radius 1 is 1.35 bits per heavy atom. The molecule has 1 aliphatic carbocycles. The molecule has 1 aliphatic rings.